The van der Waals surface area contributed by atoms with Crippen LogP contribution in [0.15, 0.2) is 22.8 Å². The van der Waals surface area contributed by atoms with Crippen LogP contribution in [0.5, 0.6) is 0 Å². The number of nitrogens with one attached hydrogen (secondary N) is 1. The van der Waals surface area contributed by atoms with E-state index >= 15 is 0 Å². The Hall–Kier alpha value is -0.920. The molecule has 0 aromatic carbocycles. The Morgan fingerprint density at radius 2 is 2.19 bits per heavy atom. The molecule has 0 saturated heterocycles. The number of nitrogens with zero attached hydrogens (tertiary/aromatic N) is 2. The number of hydrogen-bond donors (Lipinski definition) is 1. The van der Waals surface area contributed by atoms with Gasteiger partial charge in [-0.2, -0.15) is 5.26 Å². The standard InChI is InChI=1S/C12H14BrN3/c13-9-5-6-11(15-8-9)12(7-14)16-10-3-1-2-4-10/h5-6,8,10,12,16H,1-4H2. The fraction of sp³-hybridized carbons (Fsp3) is 0.500. The van der Waals surface area contributed by atoms with Gasteiger partial charge in [-0.1, -0.05) is 12.8 Å². The van der Waals surface area contributed by atoms with Crippen molar-refractivity contribution < 1.29 is 0 Å². The second-order valence-corrected chi connectivity index (χ2v) is 5.03. The molecule has 1 aliphatic rings. The van der Waals surface area contributed by atoms with E-state index in [2.05, 4.69) is 32.3 Å². The van der Waals surface area contributed by atoms with Crippen molar-refractivity contribution in [3.8, 4) is 6.07 Å². The van der Waals surface area contributed by atoms with Gasteiger partial charge in [0.05, 0.1) is 11.8 Å². The third-order valence-electron chi connectivity index (χ3n) is 2.93. The first kappa shape index (κ1) is 11.6. The molecule has 1 aliphatic carbocycles. The Kier molecular flexibility index (Phi) is 3.92. The largest absolute Gasteiger partial charge is 0.294 e. The highest BCUT2D eigenvalue weighted by Crippen LogP contribution is 2.21. The van der Waals surface area contributed by atoms with Gasteiger partial charge in [-0.05, 0) is 40.9 Å². The summed E-state index contributed by atoms with van der Waals surface area (Å²) < 4.78 is 0.939. The van der Waals surface area contributed by atoms with Gasteiger partial charge in [0.1, 0.15) is 6.04 Å². The SMILES string of the molecule is N#CC(NC1CCCC1)c1ccc(Br)cn1. The maximum Gasteiger partial charge on any atom is 0.138 e. The highest BCUT2D eigenvalue weighted by Gasteiger charge is 2.20. The zero-order chi connectivity index (χ0) is 11.4. The topological polar surface area (TPSA) is 48.7 Å². The summed E-state index contributed by atoms with van der Waals surface area (Å²) in [6.45, 7) is 0. The number of aromatic nitrogens is 1. The Labute approximate surface area is 104 Å². The number of pyridine rings is 1. The van der Waals surface area contributed by atoms with Gasteiger partial charge < -0.3 is 0 Å². The van der Waals surface area contributed by atoms with Crippen LogP contribution in [0.2, 0.25) is 0 Å². The molecule has 1 heterocycles. The molecule has 4 heteroatoms. The molecule has 0 amide bonds. The van der Waals surface area contributed by atoms with Crippen LogP contribution in [0, 0.1) is 11.3 Å². The minimum Gasteiger partial charge on any atom is -0.294 e. The van der Waals surface area contributed by atoms with Gasteiger partial charge >= 0.3 is 0 Å². The summed E-state index contributed by atoms with van der Waals surface area (Å²) in [6.07, 6.45) is 6.62. The summed E-state index contributed by atoms with van der Waals surface area (Å²) >= 11 is 3.34. The zero-order valence-electron chi connectivity index (χ0n) is 8.99. The minimum absolute atomic E-state index is 0.281. The molecule has 1 aromatic heterocycles. The summed E-state index contributed by atoms with van der Waals surface area (Å²) in [5, 5.41) is 12.5. The van der Waals surface area contributed by atoms with Crippen molar-refractivity contribution in [2.45, 2.75) is 37.8 Å². The van der Waals surface area contributed by atoms with Crippen LogP contribution >= 0.6 is 15.9 Å². The van der Waals surface area contributed by atoms with E-state index in [4.69, 9.17) is 5.26 Å². The smallest absolute Gasteiger partial charge is 0.138 e. The quantitative estimate of drug-likeness (QED) is 0.926. The second kappa shape index (κ2) is 5.42. The highest BCUT2D eigenvalue weighted by molar-refractivity contribution is 9.10. The molecule has 84 valence electrons. The fourth-order valence-electron chi connectivity index (χ4n) is 2.07. The van der Waals surface area contributed by atoms with E-state index in [-0.39, 0.29) is 6.04 Å². The van der Waals surface area contributed by atoms with E-state index < -0.39 is 0 Å². The Morgan fingerprint density at radius 1 is 1.44 bits per heavy atom. The van der Waals surface area contributed by atoms with Crippen molar-refractivity contribution in [1.82, 2.24) is 10.3 Å². The van der Waals surface area contributed by atoms with Crippen LogP contribution in [0.1, 0.15) is 37.4 Å². The van der Waals surface area contributed by atoms with Crippen LogP contribution in [0.3, 0.4) is 0 Å². The molecule has 0 aliphatic heterocycles. The van der Waals surface area contributed by atoms with Crippen LogP contribution in [-0.4, -0.2) is 11.0 Å². The number of nitriles is 1. The van der Waals surface area contributed by atoms with Crippen LogP contribution in [0.25, 0.3) is 0 Å². The Balaban J connectivity index is 2.04. The van der Waals surface area contributed by atoms with Gasteiger partial charge in [-0.25, -0.2) is 0 Å². The van der Waals surface area contributed by atoms with Crippen molar-refractivity contribution in [2.24, 2.45) is 0 Å². The molecule has 0 radical (unpaired) electrons. The minimum atomic E-state index is -0.281. The van der Waals surface area contributed by atoms with Gasteiger partial charge in [0.25, 0.3) is 0 Å². The molecule has 1 unspecified atom stereocenters. The molecule has 1 atom stereocenters. The Morgan fingerprint density at radius 3 is 2.75 bits per heavy atom. The molecule has 1 saturated carbocycles. The monoisotopic (exact) mass is 279 g/mol. The van der Waals surface area contributed by atoms with E-state index in [9.17, 15) is 0 Å². The molecule has 0 spiro atoms. The molecule has 1 fully saturated rings. The van der Waals surface area contributed by atoms with Gasteiger partial charge in [0.15, 0.2) is 0 Å². The second-order valence-electron chi connectivity index (χ2n) is 4.11. The maximum absolute atomic E-state index is 9.14. The number of halogens is 1. The lowest BCUT2D eigenvalue weighted by molar-refractivity contribution is 0.486. The first-order chi connectivity index (χ1) is 7.79. The van der Waals surface area contributed by atoms with Crippen molar-refractivity contribution in [1.29, 1.82) is 5.26 Å². The predicted molar refractivity (Wildman–Crippen MR) is 65.7 cm³/mol. The van der Waals surface area contributed by atoms with E-state index in [1.165, 1.54) is 25.7 Å². The molecule has 1 N–H and O–H groups in total. The van der Waals surface area contributed by atoms with E-state index in [1.807, 2.05) is 12.1 Å². The molecular formula is C12H14BrN3. The summed E-state index contributed by atoms with van der Waals surface area (Å²) in [7, 11) is 0. The third-order valence-corrected chi connectivity index (χ3v) is 3.40. The molecular weight excluding hydrogens is 266 g/mol. The number of rotatable bonds is 3. The fourth-order valence-corrected chi connectivity index (χ4v) is 2.31. The van der Waals surface area contributed by atoms with Crippen molar-refractivity contribution in [2.75, 3.05) is 0 Å². The van der Waals surface area contributed by atoms with E-state index in [0.29, 0.717) is 6.04 Å². The van der Waals surface area contributed by atoms with Gasteiger partial charge in [-0.3, -0.25) is 10.3 Å². The third kappa shape index (κ3) is 2.81. The van der Waals surface area contributed by atoms with Crippen LogP contribution < -0.4 is 5.32 Å². The highest BCUT2D eigenvalue weighted by atomic mass is 79.9. The van der Waals surface area contributed by atoms with Gasteiger partial charge in [0, 0.05) is 16.7 Å². The molecule has 16 heavy (non-hydrogen) atoms. The van der Waals surface area contributed by atoms with Crippen LogP contribution in [-0.2, 0) is 0 Å². The Bertz CT molecular complexity index is 376. The maximum atomic E-state index is 9.14. The first-order valence-electron chi connectivity index (χ1n) is 5.56. The average Bonchev–Trinajstić information content (AvgIpc) is 2.80. The van der Waals surface area contributed by atoms with Crippen LogP contribution in [0.4, 0.5) is 0 Å². The van der Waals surface area contributed by atoms with Gasteiger partial charge in [-0.15, -0.1) is 0 Å². The van der Waals surface area contributed by atoms with Gasteiger partial charge in [0.2, 0.25) is 0 Å². The lowest BCUT2D eigenvalue weighted by Crippen LogP contribution is -2.30. The lowest BCUT2D eigenvalue weighted by atomic mass is 10.1. The van der Waals surface area contributed by atoms with E-state index in [0.717, 1.165) is 10.2 Å². The van der Waals surface area contributed by atoms with Crippen molar-refractivity contribution >= 4 is 15.9 Å². The van der Waals surface area contributed by atoms with Crippen molar-refractivity contribution in [3.05, 3.63) is 28.5 Å². The molecule has 2 rings (SSSR count). The zero-order valence-corrected chi connectivity index (χ0v) is 10.6. The summed E-state index contributed by atoms with van der Waals surface area (Å²) in [4.78, 5) is 4.26. The molecule has 3 nitrogen and oxygen atoms in total. The number of hydrogen-bond acceptors (Lipinski definition) is 3. The van der Waals surface area contributed by atoms with Crippen molar-refractivity contribution in [3.63, 3.8) is 0 Å². The average molecular weight is 280 g/mol. The molecule has 1 aromatic rings. The lowest BCUT2D eigenvalue weighted by Gasteiger charge is -2.16. The summed E-state index contributed by atoms with van der Waals surface area (Å²) in [6, 6.07) is 6.28. The predicted octanol–water partition coefficient (Wildman–Crippen LogP) is 2.94. The molecule has 0 bridgehead atoms. The van der Waals surface area contributed by atoms with E-state index in [1.54, 1.807) is 6.20 Å². The summed E-state index contributed by atoms with van der Waals surface area (Å²) in [5.74, 6) is 0. The first-order valence-corrected chi connectivity index (χ1v) is 6.36. The normalized spacial score (nSPS) is 18.2. The summed E-state index contributed by atoms with van der Waals surface area (Å²) in [5.41, 5.74) is 0.803.